The molecule has 2 unspecified atom stereocenters. The predicted octanol–water partition coefficient (Wildman–Crippen LogP) is 1.41. The van der Waals surface area contributed by atoms with E-state index in [2.05, 4.69) is 25.9 Å². The molecule has 1 heterocycles. The maximum atomic E-state index is 12.6. The maximum absolute atomic E-state index is 12.6. The van der Waals surface area contributed by atoms with Crippen molar-refractivity contribution < 1.29 is 13.2 Å². The van der Waals surface area contributed by atoms with Crippen LogP contribution in [0.2, 0.25) is 0 Å². The van der Waals surface area contributed by atoms with Gasteiger partial charge in [0.05, 0.1) is 12.5 Å². The van der Waals surface area contributed by atoms with Gasteiger partial charge in [-0.2, -0.15) is 18.4 Å². The second-order valence-corrected chi connectivity index (χ2v) is 4.31. The summed E-state index contributed by atoms with van der Waals surface area (Å²) in [6, 6.07) is -0.117. The van der Waals surface area contributed by atoms with Gasteiger partial charge in [0.1, 0.15) is 0 Å². The molecule has 2 N–H and O–H groups in total. The van der Waals surface area contributed by atoms with Crippen LogP contribution in [0, 0.1) is 5.92 Å². The van der Waals surface area contributed by atoms with Gasteiger partial charge < -0.3 is 5.32 Å². The van der Waals surface area contributed by atoms with E-state index in [9.17, 15) is 13.2 Å². The van der Waals surface area contributed by atoms with Crippen LogP contribution >= 0.6 is 0 Å². The van der Waals surface area contributed by atoms with Gasteiger partial charge in [0.2, 0.25) is 0 Å². The quantitative estimate of drug-likeness (QED) is 0.850. The molecule has 5 nitrogen and oxygen atoms in total. The number of nitrogens with zero attached hydrogens (tertiary/aromatic N) is 3. The standard InChI is InChI=1S/C9H14F3N5/c10-9(11,12)6-2-1-3-7(4-6)13-5-8-14-16-17-15-8/h6-7,13H,1-5H2,(H,14,15,16,17). The third-order valence-electron chi connectivity index (χ3n) is 3.08. The molecule has 0 saturated heterocycles. The van der Waals surface area contributed by atoms with Gasteiger partial charge in [-0.15, -0.1) is 10.2 Å². The largest absolute Gasteiger partial charge is 0.391 e. The van der Waals surface area contributed by atoms with E-state index in [0.29, 0.717) is 18.8 Å². The highest BCUT2D eigenvalue weighted by atomic mass is 19.4. The van der Waals surface area contributed by atoms with Crippen LogP contribution < -0.4 is 5.32 Å². The Morgan fingerprint density at radius 1 is 1.35 bits per heavy atom. The summed E-state index contributed by atoms with van der Waals surface area (Å²) < 4.78 is 37.7. The zero-order chi connectivity index (χ0) is 12.3. The Morgan fingerprint density at radius 2 is 2.18 bits per heavy atom. The molecule has 8 heteroatoms. The average Bonchev–Trinajstić information content (AvgIpc) is 2.78. The van der Waals surface area contributed by atoms with Crippen LogP contribution in [0.15, 0.2) is 0 Å². The molecule has 2 rings (SSSR count). The van der Waals surface area contributed by atoms with Gasteiger partial charge in [-0.25, -0.2) is 0 Å². The van der Waals surface area contributed by atoms with Crippen molar-refractivity contribution in [1.29, 1.82) is 0 Å². The van der Waals surface area contributed by atoms with Gasteiger partial charge in [0, 0.05) is 6.04 Å². The fraction of sp³-hybridized carbons (Fsp3) is 0.889. The Labute approximate surface area is 96.2 Å². The maximum Gasteiger partial charge on any atom is 0.391 e. The van der Waals surface area contributed by atoms with Crippen molar-refractivity contribution >= 4 is 0 Å². The minimum atomic E-state index is -4.08. The summed E-state index contributed by atoms with van der Waals surface area (Å²) >= 11 is 0. The van der Waals surface area contributed by atoms with Crippen molar-refractivity contribution in [2.45, 2.75) is 44.4 Å². The zero-order valence-electron chi connectivity index (χ0n) is 9.17. The fourth-order valence-electron chi connectivity index (χ4n) is 2.17. The molecule has 1 aromatic rings. The highest BCUT2D eigenvalue weighted by Gasteiger charge is 2.41. The summed E-state index contributed by atoms with van der Waals surface area (Å²) in [6.45, 7) is 0.353. The van der Waals surface area contributed by atoms with Crippen LogP contribution in [-0.4, -0.2) is 32.8 Å². The highest BCUT2D eigenvalue weighted by Crippen LogP contribution is 2.37. The first-order valence-corrected chi connectivity index (χ1v) is 5.58. The van der Waals surface area contributed by atoms with E-state index in [0.717, 1.165) is 6.42 Å². The van der Waals surface area contributed by atoms with E-state index in [-0.39, 0.29) is 18.9 Å². The molecule has 1 aromatic heterocycles. The minimum absolute atomic E-state index is 0.117. The fourth-order valence-corrected chi connectivity index (χ4v) is 2.17. The van der Waals surface area contributed by atoms with Gasteiger partial charge in [0.25, 0.3) is 0 Å². The normalized spacial score (nSPS) is 26.1. The first kappa shape index (κ1) is 12.3. The van der Waals surface area contributed by atoms with E-state index in [4.69, 9.17) is 0 Å². The van der Waals surface area contributed by atoms with Gasteiger partial charge in [-0.1, -0.05) is 11.6 Å². The van der Waals surface area contributed by atoms with Crippen LogP contribution in [0.5, 0.6) is 0 Å². The molecule has 0 aromatic carbocycles. The van der Waals surface area contributed by atoms with Crippen molar-refractivity contribution in [1.82, 2.24) is 25.9 Å². The van der Waals surface area contributed by atoms with E-state index in [1.807, 2.05) is 0 Å². The molecule has 0 aliphatic heterocycles. The molecule has 0 spiro atoms. The van der Waals surface area contributed by atoms with Crippen LogP contribution in [0.4, 0.5) is 13.2 Å². The Kier molecular flexibility index (Phi) is 3.60. The van der Waals surface area contributed by atoms with Crippen LogP contribution in [0.1, 0.15) is 31.5 Å². The number of alkyl halides is 3. The summed E-state index contributed by atoms with van der Waals surface area (Å²) in [6.07, 6.45) is -2.32. The molecule has 0 radical (unpaired) electrons. The number of rotatable bonds is 3. The lowest BCUT2D eigenvalue weighted by Crippen LogP contribution is -2.38. The van der Waals surface area contributed by atoms with Crippen molar-refractivity contribution in [3.8, 4) is 0 Å². The molecule has 96 valence electrons. The predicted molar refractivity (Wildman–Crippen MR) is 52.8 cm³/mol. The lowest BCUT2D eigenvalue weighted by atomic mass is 9.85. The number of H-pyrrole nitrogens is 1. The average molecular weight is 249 g/mol. The molecule has 1 aliphatic carbocycles. The second kappa shape index (κ2) is 4.99. The number of hydrogen-bond acceptors (Lipinski definition) is 4. The summed E-state index contributed by atoms with van der Waals surface area (Å²) in [4.78, 5) is 0. The molecule has 0 amide bonds. The molecular formula is C9H14F3N5. The van der Waals surface area contributed by atoms with Crippen molar-refractivity contribution in [2.75, 3.05) is 0 Å². The van der Waals surface area contributed by atoms with Crippen LogP contribution in [0.25, 0.3) is 0 Å². The Morgan fingerprint density at radius 3 is 2.82 bits per heavy atom. The molecule has 1 fully saturated rings. The molecule has 0 bridgehead atoms. The summed E-state index contributed by atoms with van der Waals surface area (Å²) in [5.41, 5.74) is 0. The van der Waals surface area contributed by atoms with Gasteiger partial charge in [-0.3, -0.25) is 0 Å². The van der Waals surface area contributed by atoms with Gasteiger partial charge >= 0.3 is 6.18 Å². The van der Waals surface area contributed by atoms with Gasteiger partial charge in [-0.05, 0) is 19.3 Å². The molecule has 1 saturated carbocycles. The topological polar surface area (TPSA) is 66.5 Å². The molecule has 17 heavy (non-hydrogen) atoms. The number of aromatic nitrogens is 4. The van der Waals surface area contributed by atoms with Crippen LogP contribution in [-0.2, 0) is 6.54 Å². The summed E-state index contributed by atoms with van der Waals surface area (Å²) in [5, 5.41) is 16.2. The lowest BCUT2D eigenvalue weighted by Gasteiger charge is -2.30. The third kappa shape index (κ3) is 3.39. The molecule has 1 aliphatic rings. The Balaban J connectivity index is 1.81. The number of tetrazole rings is 1. The Bertz CT molecular complexity index is 337. The highest BCUT2D eigenvalue weighted by molar-refractivity contribution is 4.84. The molecule has 2 atom stereocenters. The first-order chi connectivity index (χ1) is 8.05. The third-order valence-corrected chi connectivity index (χ3v) is 3.08. The van der Waals surface area contributed by atoms with Crippen molar-refractivity contribution in [3.05, 3.63) is 5.82 Å². The number of aromatic amines is 1. The number of nitrogens with one attached hydrogen (secondary N) is 2. The van der Waals surface area contributed by atoms with E-state index >= 15 is 0 Å². The smallest absolute Gasteiger partial charge is 0.307 e. The summed E-state index contributed by atoms with van der Waals surface area (Å²) in [7, 11) is 0. The minimum Gasteiger partial charge on any atom is -0.307 e. The number of hydrogen-bond donors (Lipinski definition) is 2. The summed E-state index contributed by atoms with van der Waals surface area (Å²) in [5.74, 6) is -0.710. The van der Waals surface area contributed by atoms with Gasteiger partial charge in [0.15, 0.2) is 5.82 Å². The van der Waals surface area contributed by atoms with Crippen molar-refractivity contribution in [3.63, 3.8) is 0 Å². The second-order valence-electron chi connectivity index (χ2n) is 4.31. The zero-order valence-corrected chi connectivity index (χ0v) is 9.17. The molecular weight excluding hydrogens is 235 g/mol. The van der Waals surface area contributed by atoms with E-state index < -0.39 is 12.1 Å². The first-order valence-electron chi connectivity index (χ1n) is 5.58. The van der Waals surface area contributed by atoms with E-state index in [1.54, 1.807) is 0 Å². The lowest BCUT2D eigenvalue weighted by molar-refractivity contribution is -0.183. The van der Waals surface area contributed by atoms with E-state index in [1.165, 1.54) is 0 Å². The van der Waals surface area contributed by atoms with Crippen molar-refractivity contribution in [2.24, 2.45) is 5.92 Å². The van der Waals surface area contributed by atoms with Crippen LogP contribution in [0.3, 0.4) is 0 Å². The Hall–Kier alpha value is -1.18. The SMILES string of the molecule is FC(F)(F)C1CCCC(NCc2nn[nH]n2)C1. The number of halogens is 3. The monoisotopic (exact) mass is 249 g/mol.